The number of aromatic nitrogens is 2. The molecule has 8 heteroatoms. The molecule has 0 saturated carbocycles. The predicted molar refractivity (Wildman–Crippen MR) is 65.9 cm³/mol. The van der Waals surface area contributed by atoms with Crippen LogP contribution in [0.15, 0.2) is 23.3 Å². The van der Waals surface area contributed by atoms with Gasteiger partial charge >= 0.3 is 0 Å². The largest absolute Gasteiger partial charge is 0.446 e. The first-order valence-corrected chi connectivity index (χ1v) is 5.64. The molecular formula is C12H6ClF2N3O2. The molecule has 20 heavy (non-hydrogen) atoms. The average molecular weight is 298 g/mol. The fourth-order valence-electron chi connectivity index (χ4n) is 1.45. The summed E-state index contributed by atoms with van der Waals surface area (Å²) in [6.45, 7) is -1.06. The van der Waals surface area contributed by atoms with Gasteiger partial charge in [-0.05, 0) is 6.07 Å². The first-order valence-electron chi connectivity index (χ1n) is 5.26. The van der Waals surface area contributed by atoms with Gasteiger partial charge in [0.1, 0.15) is 18.4 Å². The van der Waals surface area contributed by atoms with E-state index in [0.29, 0.717) is 0 Å². The maximum absolute atomic E-state index is 13.9. The summed E-state index contributed by atoms with van der Waals surface area (Å²) in [7, 11) is 0. The van der Waals surface area contributed by atoms with Crippen LogP contribution in [0.5, 0.6) is 11.5 Å². The van der Waals surface area contributed by atoms with Gasteiger partial charge in [-0.25, -0.2) is 13.8 Å². The molecular weight excluding hydrogens is 292 g/mol. The second kappa shape index (κ2) is 5.67. The van der Waals surface area contributed by atoms with Crippen molar-refractivity contribution in [3.05, 3.63) is 50.9 Å². The van der Waals surface area contributed by atoms with E-state index in [-0.39, 0.29) is 16.3 Å². The van der Waals surface area contributed by atoms with Crippen LogP contribution < -0.4 is 10.3 Å². The van der Waals surface area contributed by atoms with Crippen LogP contribution in [0.4, 0.5) is 8.78 Å². The van der Waals surface area contributed by atoms with Gasteiger partial charge in [0, 0.05) is 11.1 Å². The van der Waals surface area contributed by atoms with Crippen LogP contribution in [0.2, 0.25) is 5.02 Å². The van der Waals surface area contributed by atoms with E-state index in [1.165, 1.54) is 0 Å². The number of halogens is 3. The maximum Gasteiger partial charge on any atom is 0.294 e. The van der Waals surface area contributed by atoms with Gasteiger partial charge in [0.15, 0.2) is 11.6 Å². The Hall–Kier alpha value is -2.46. The van der Waals surface area contributed by atoms with E-state index < -0.39 is 29.6 Å². The summed E-state index contributed by atoms with van der Waals surface area (Å²) >= 11 is 5.71. The van der Waals surface area contributed by atoms with E-state index in [1.54, 1.807) is 6.07 Å². The van der Waals surface area contributed by atoms with Crippen molar-refractivity contribution < 1.29 is 13.5 Å². The van der Waals surface area contributed by atoms with Crippen molar-refractivity contribution in [2.75, 3.05) is 0 Å². The molecule has 0 aliphatic carbocycles. The first kappa shape index (κ1) is 14.0. The number of H-pyrrole nitrogens is 1. The normalized spacial score (nSPS) is 10.1. The van der Waals surface area contributed by atoms with Crippen molar-refractivity contribution in [3.63, 3.8) is 0 Å². The zero-order chi connectivity index (χ0) is 14.7. The molecule has 2 aromatic rings. The molecule has 1 aromatic heterocycles. The van der Waals surface area contributed by atoms with Gasteiger partial charge in [-0.15, -0.1) is 0 Å². The Morgan fingerprint density at radius 1 is 1.50 bits per heavy atom. The van der Waals surface area contributed by atoms with Crippen molar-refractivity contribution >= 4 is 11.6 Å². The standard InChI is InChI=1S/C12H6ClF2N3O2/c13-7-1-6(4-16)10(15)9(2-7)20-11-8(3-14)17-5-18-12(11)19/h1-2,5H,3H2,(H,17,18,19). The molecule has 102 valence electrons. The zero-order valence-corrected chi connectivity index (χ0v) is 10.5. The molecule has 0 aliphatic rings. The first-order chi connectivity index (χ1) is 9.56. The summed E-state index contributed by atoms with van der Waals surface area (Å²) < 4.78 is 31.6. The Morgan fingerprint density at radius 2 is 2.25 bits per heavy atom. The van der Waals surface area contributed by atoms with Gasteiger partial charge < -0.3 is 9.72 Å². The molecule has 0 unspecified atom stereocenters. The third kappa shape index (κ3) is 2.60. The monoisotopic (exact) mass is 297 g/mol. The third-order valence-electron chi connectivity index (χ3n) is 2.35. The molecule has 0 spiro atoms. The topological polar surface area (TPSA) is 78.8 Å². The van der Waals surface area contributed by atoms with Crippen LogP contribution in [0.25, 0.3) is 0 Å². The molecule has 1 aromatic carbocycles. The lowest BCUT2D eigenvalue weighted by molar-refractivity contribution is 0.405. The molecule has 2 rings (SSSR count). The number of nitrogens with zero attached hydrogens (tertiary/aromatic N) is 2. The summed E-state index contributed by atoms with van der Waals surface area (Å²) in [5.41, 5.74) is -1.41. The fraction of sp³-hybridized carbons (Fsp3) is 0.0833. The Labute approximate surface area is 116 Å². The Kier molecular flexibility index (Phi) is 3.96. The molecule has 0 aliphatic heterocycles. The lowest BCUT2D eigenvalue weighted by Crippen LogP contribution is -2.12. The third-order valence-corrected chi connectivity index (χ3v) is 2.57. The maximum atomic E-state index is 13.9. The second-order valence-electron chi connectivity index (χ2n) is 3.62. The minimum atomic E-state index is -1.06. The highest BCUT2D eigenvalue weighted by molar-refractivity contribution is 6.30. The van der Waals surface area contributed by atoms with Crippen molar-refractivity contribution in [3.8, 4) is 17.6 Å². The van der Waals surface area contributed by atoms with Gasteiger partial charge in [-0.2, -0.15) is 5.26 Å². The van der Waals surface area contributed by atoms with Gasteiger partial charge in [-0.3, -0.25) is 4.79 Å². The SMILES string of the molecule is N#Cc1cc(Cl)cc(Oc2c(CF)nc[nH]c2=O)c1F. The summed E-state index contributed by atoms with van der Waals surface area (Å²) in [5, 5.41) is 8.79. The minimum absolute atomic E-state index is 0.0417. The van der Waals surface area contributed by atoms with Crippen molar-refractivity contribution in [1.82, 2.24) is 9.97 Å². The van der Waals surface area contributed by atoms with E-state index in [2.05, 4.69) is 9.97 Å². The number of rotatable bonds is 3. The molecule has 0 atom stereocenters. The van der Waals surface area contributed by atoms with Crippen LogP contribution in [0.3, 0.4) is 0 Å². The van der Waals surface area contributed by atoms with Crippen LogP contribution >= 0.6 is 11.6 Å². The van der Waals surface area contributed by atoms with E-state index in [4.69, 9.17) is 21.6 Å². The van der Waals surface area contributed by atoms with Crippen LogP contribution in [0.1, 0.15) is 11.3 Å². The summed E-state index contributed by atoms with van der Waals surface area (Å²) in [5.74, 6) is -1.94. The highest BCUT2D eigenvalue weighted by Gasteiger charge is 2.17. The van der Waals surface area contributed by atoms with Gasteiger partial charge in [0.2, 0.25) is 5.75 Å². The number of hydrogen-bond acceptors (Lipinski definition) is 4. The number of aromatic amines is 1. The van der Waals surface area contributed by atoms with Crippen LogP contribution in [-0.2, 0) is 6.67 Å². The quantitative estimate of drug-likeness (QED) is 0.944. The lowest BCUT2D eigenvalue weighted by atomic mass is 10.2. The van der Waals surface area contributed by atoms with Crippen LogP contribution in [-0.4, -0.2) is 9.97 Å². The fourth-order valence-corrected chi connectivity index (χ4v) is 1.66. The van der Waals surface area contributed by atoms with E-state index >= 15 is 0 Å². The van der Waals surface area contributed by atoms with E-state index in [1.807, 2.05) is 0 Å². The summed E-state index contributed by atoms with van der Waals surface area (Å²) in [4.78, 5) is 17.3. The number of nitrogens with one attached hydrogen (secondary N) is 1. The molecule has 0 saturated heterocycles. The van der Waals surface area contributed by atoms with Gasteiger partial charge in [0.05, 0.1) is 11.9 Å². The van der Waals surface area contributed by atoms with Gasteiger partial charge in [0.25, 0.3) is 5.56 Å². The molecule has 0 radical (unpaired) electrons. The molecule has 0 fully saturated rings. The van der Waals surface area contributed by atoms with E-state index in [0.717, 1.165) is 18.5 Å². The highest BCUT2D eigenvalue weighted by atomic mass is 35.5. The number of alkyl halides is 1. The Morgan fingerprint density at radius 3 is 2.90 bits per heavy atom. The molecule has 5 nitrogen and oxygen atoms in total. The zero-order valence-electron chi connectivity index (χ0n) is 9.78. The molecule has 0 amide bonds. The van der Waals surface area contributed by atoms with Crippen molar-refractivity contribution in [2.24, 2.45) is 0 Å². The second-order valence-corrected chi connectivity index (χ2v) is 4.06. The molecule has 0 bridgehead atoms. The lowest BCUT2D eigenvalue weighted by Gasteiger charge is -2.09. The minimum Gasteiger partial charge on any atom is -0.446 e. The molecule has 1 N–H and O–H groups in total. The summed E-state index contributed by atoms with van der Waals surface area (Å²) in [6, 6.07) is 3.77. The van der Waals surface area contributed by atoms with Crippen LogP contribution in [0, 0.1) is 17.1 Å². The Balaban J connectivity index is 2.54. The summed E-state index contributed by atoms with van der Waals surface area (Å²) in [6.07, 6.45) is 0.999. The highest BCUT2D eigenvalue weighted by Crippen LogP contribution is 2.29. The molecule has 1 heterocycles. The predicted octanol–water partition coefficient (Wildman–Crippen LogP) is 2.70. The van der Waals surface area contributed by atoms with Gasteiger partial charge in [-0.1, -0.05) is 11.6 Å². The Bertz CT molecular complexity index is 755. The number of benzene rings is 1. The van der Waals surface area contributed by atoms with Crippen molar-refractivity contribution in [1.29, 1.82) is 5.26 Å². The number of ether oxygens (including phenoxy) is 1. The van der Waals surface area contributed by atoms with E-state index in [9.17, 15) is 13.6 Å². The van der Waals surface area contributed by atoms with Crippen molar-refractivity contribution in [2.45, 2.75) is 6.67 Å². The smallest absolute Gasteiger partial charge is 0.294 e. The number of hydrogen-bond donors (Lipinski definition) is 1. The average Bonchev–Trinajstić information content (AvgIpc) is 2.44. The number of nitriles is 1.